The lowest BCUT2D eigenvalue weighted by Gasteiger charge is -2.12. The van der Waals surface area contributed by atoms with E-state index in [1.165, 1.54) is 24.3 Å². The second-order valence-electron chi connectivity index (χ2n) is 7.70. The number of hydrogen-bond acceptors (Lipinski definition) is 1. The van der Waals surface area contributed by atoms with Crippen LogP contribution in [0.3, 0.4) is 0 Å². The van der Waals surface area contributed by atoms with E-state index in [0.29, 0.717) is 6.07 Å². The van der Waals surface area contributed by atoms with E-state index in [9.17, 15) is 30.7 Å². The SMILES string of the molecule is CC=CCOc1cc(F)c(-c2ccc(-c3ccc4c(F)c(C(F)(F)F)ccc4c3)c(F)c2)c(F)c1. The van der Waals surface area contributed by atoms with Crippen LogP contribution in [0.15, 0.2) is 72.8 Å². The third-order valence-electron chi connectivity index (χ3n) is 5.43. The second kappa shape index (κ2) is 9.44. The van der Waals surface area contributed by atoms with E-state index in [-0.39, 0.29) is 39.8 Å². The van der Waals surface area contributed by atoms with Crippen molar-refractivity contribution in [3.63, 3.8) is 0 Å². The molecule has 0 N–H and O–H groups in total. The maximum absolute atomic E-state index is 15.0. The molecule has 0 saturated carbocycles. The predicted molar refractivity (Wildman–Crippen MR) is 120 cm³/mol. The molecule has 0 unspecified atom stereocenters. The second-order valence-corrected chi connectivity index (χ2v) is 7.70. The average Bonchev–Trinajstić information content (AvgIpc) is 2.78. The average molecular weight is 490 g/mol. The summed E-state index contributed by atoms with van der Waals surface area (Å²) >= 11 is 0. The fourth-order valence-electron chi connectivity index (χ4n) is 3.73. The lowest BCUT2D eigenvalue weighted by molar-refractivity contribution is -0.139. The van der Waals surface area contributed by atoms with Crippen LogP contribution < -0.4 is 4.74 Å². The summed E-state index contributed by atoms with van der Waals surface area (Å²) in [6, 6.07) is 11.0. The van der Waals surface area contributed by atoms with Crippen LogP contribution >= 0.6 is 0 Å². The van der Waals surface area contributed by atoms with Gasteiger partial charge in [-0.15, -0.1) is 0 Å². The first-order valence-electron chi connectivity index (χ1n) is 10.4. The highest BCUT2D eigenvalue weighted by molar-refractivity contribution is 5.89. The zero-order valence-corrected chi connectivity index (χ0v) is 18.2. The summed E-state index contributed by atoms with van der Waals surface area (Å²) in [6.07, 6.45) is -1.47. The molecule has 0 atom stereocenters. The van der Waals surface area contributed by atoms with Gasteiger partial charge < -0.3 is 4.74 Å². The number of halogens is 7. The highest BCUT2D eigenvalue weighted by Crippen LogP contribution is 2.37. The van der Waals surface area contributed by atoms with Crippen molar-refractivity contribution in [2.45, 2.75) is 13.1 Å². The molecule has 8 heteroatoms. The Morgan fingerprint density at radius 1 is 0.771 bits per heavy atom. The summed E-state index contributed by atoms with van der Waals surface area (Å²) < 4.78 is 103. The normalized spacial score (nSPS) is 12.0. The zero-order chi connectivity index (χ0) is 25.3. The third kappa shape index (κ3) is 4.87. The Balaban J connectivity index is 1.69. The van der Waals surface area contributed by atoms with Gasteiger partial charge in [-0.2, -0.15) is 13.2 Å². The Hall–Kier alpha value is -3.81. The van der Waals surface area contributed by atoms with Crippen molar-refractivity contribution >= 4 is 10.8 Å². The number of alkyl halides is 3. The number of rotatable bonds is 5. The molecule has 0 spiro atoms. The molecule has 0 amide bonds. The van der Waals surface area contributed by atoms with Crippen LogP contribution in [-0.2, 0) is 6.18 Å². The van der Waals surface area contributed by atoms with Gasteiger partial charge in [0.2, 0.25) is 0 Å². The van der Waals surface area contributed by atoms with Crippen LogP contribution in [0.2, 0.25) is 0 Å². The van der Waals surface area contributed by atoms with E-state index in [1.807, 2.05) is 0 Å². The lowest BCUT2D eigenvalue weighted by atomic mass is 9.96. The van der Waals surface area contributed by atoms with Crippen molar-refractivity contribution in [3.8, 4) is 28.0 Å². The molecule has 0 heterocycles. The molecule has 0 aliphatic rings. The maximum Gasteiger partial charge on any atom is 0.419 e. The molecule has 35 heavy (non-hydrogen) atoms. The summed E-state index contributed by atoms with van der Waals surface area (Å²) in [4.78, 5) is 0. The van der Waals surface area contributed by atoms with Crippen LogP contribution in [-0.4, -0.2) is 6.61 Å². The minimum Gasteiger partial charge on any atom is -0.489 e. The van der Waals surface area contributed by atoms with E-state index >= 15 is 0 Å². The monoisotopic (exact) mass is 490 g/mol. The summed E-state index contributed by atoms with van der Waals surface area (Å²) in [5, 5.41) is -0.122. The van der Waals surface area contributed by atoms with Gasteiger partial charge in [0.1, 0.15) is 35.6 Å². The largest absolute Gasteiger partial charge is 0.489 e. The van der Waals surface area contributed by atoms with Gasteiger partial charge in [0.05, 0.1) is 11.1 Å². The Kier molecular flexibility index (Phi) is 6.56. The molecular weight excluding hydrogens is 473 g/mol. The Labute approximate surface area is 196 Å². The van der Waals surface area contributed by atoms with Gasteiger partial charge in [0.15, 0.2) is 0 Å². The molecule has 180 valence electrons. The minimum atomic E-state index is -4.85. The van der Waals surface area contributed by atoms with Gasteiger partial charge in [-0.25, -0.2) is 17.6 Å². The Bertz CT molecular complexity index is 1410. The molecule has 0 aromatic heterocycles. The third-order valence-corrected chi connectivity index (χ3v) is 5.43. The smallest absolute Gasteiger partial charge is 0.419 e. The van der Waals surface area contributed by atoms with E-state index < -0.39 is 40.6 Å². The van der Waals surface area contributed by atoms with Gasteiger partial charge >= 0.3 is 6.18 Å². The fraction of sp³-hybridized carbons (Fsp3) is 0.111. The number of benzene rings is 4. The first-order chi connectivity index (χ1) is 16.6. The first kappa shape index (κ1) is 24.3. The van der Waals surface area contributed by atoms with E-state index in [2.05, 4.69) is 0 Å². The van der Waals surface area contributed by atoms with Gasteiger partial charge in [-0.1, -0.05) is 42.5 Å². The number of ether oxygens (including phenoxy) is 1. The molecule has 0 aliphatic carbocycles. The molecule has 4 aromatic rings. The van der Waals surface area contributed by atoms with Gasteiger partial charge in [-0.3, -0.25) is 0 Å². The summed E-state index contributed by atoms with van der Waals surface area (Å²) in [6.45, 7) is 1.90. The van der Waals surface area contributed by atoms with Gasteiger partial charge in [0.25, 0.3) is 0 Å². The topological polar surface area (TPSA) is 9.23 Å². The van der Waals surface area contributed by atoms with Crippen LogP contribution in [0.1, 0.15) is 12.5 Å². The Morgan fingerprint density at radius 3 is 2.09 bits per heavy atom. The summed E-state index contributed by atoms with van der Waals surface area (Å²) in [7, 11) is 0. The Morgan fingerprint density at radius 2 is 1.46 bits per heavy atom. The fourth-order valence-corrected chi connectivity index (χ4v) is 3.73. The zero-order valence-electron chi connectivity index (χ0n) is 18.2. The highest BCUT2D eigenvalue weighted by atomic mass is 19.4. The van der Waals surface area contributed by atoms with Gasteiger partial charge in [-0.05, 0) is 41.6 Å². The molecule has 1 nitrogen and oxygen atoms in total. The first-order valence-corrected chi connectivity index (χ1v) is 10.4. The van der Waals surface area contributed by atoms with Crippen molar-refractivity contribution in [3.05, 3.63) is 102 Å². The van der Waals surface area contributed by atoms with Crippen LogP contribution in [0, 0.1) is 23.3 Å². The standard InChI is InChI=1S/C27H17F7O/c1-2-3-10-35-18-13-23(29)25(24(30)14-18)17-5-7-19(22(28)12-17)15-4-8-20-16(11-15)6-9-21(26(20)31)27(32,33)34/h2-9,11-14H,10H2,1H3. The number of allylic oxidation sites excluding steroid dienone is 1. The van der Waals surface area contributed by atoms with E-state index in [0.717, 1.165) is 30.3 Å². The molecule has 0 fully saturated rings. The molecule has 0 aliphatic heterocycles. The predicted octanol–water partition coefficient (Wildman–Crippen LogP) is 8.70. The number of hydrogen-bond donors (Lipinski definition) is 0. The molecular formula is C27H17F7O. The minimum absolute atomic E-state index is 0.0176. The van der Waals surface area contributed by atoms with E-state index in [4.69, 9.17) is 4.74 Å². The maximum atomic E-state index is 15.0. The molecule has 0 saturated heterocycles. The quantitative estimate of drug-likeness (QED) is 0.201. The van der Waals surface area contributed by atoms with Gasteiger partial charge in [0, 0.05) is 23.1 Å². The number of fused-ring (bicyclic) bond motifs is 1. The molecule has 0 bridgehead atoms. The molecule has 0 radical (unpaired) electrons. The molecule has 4 aromatic carbocycles. The van der Waals surface area contributed by atoms with Crippen molar-refractivity contribution < 1.29 is 35.5 Å². The van der Waals surface area contributed by atoms with Crippen molar-refractivity contribution in [1.82, 2.24) is 0 Å². The van der Waals surface area contributed by atoms with E-state index in [1.54, 1.807) is 19.1 Å². The van der Waals surface area contributed by atoms with Crippen molar-refractivity contribution in [2.24, 2.45) is 0 Å². The summed E-state index contributed by atoms with van der Waals surface area (Å²) in [5.74, 6) is -4.12. The van der Waals surface area contributed by atoms with Crippen LogP contribution in [0.4, 0.5) is 30.7 Å². The molecule has 4 rings (SSSR count). The highest BCUT2D eigenvalue weighted by Gasteiger charge is 2.34. The van der Waals surface area contributed by atoms with Crippen molar-refractivity contribution in [2.75, 3.05) is 6.61 Å². The van der Waals surface area contributed by atoms with Crippen LogP contribution in [0.5, 0.6) is 5.75 Å². The van der Waals surface area contributed by atoms with Crippen molar-refractivity contribution in [1.29, 1.82) is 0 Å². The summed E-state index contributed by atoms with van der Waals surface area (Å²) in [5.41, 5.74) is -1.59. The van der Waals surface area contributed by atoms with Crippen LogP contribution in [0.25, 0.3) is 33.0 Å². The lowest BCUT2D eigenvalue weighted by Crippen LogP contribution is -2.08.